The highest BCUT2D eigenvalue weighted by Crippen LogP contribution is 2.21. The summed E-state index contributed by atoms with van der Waals surface area (Å²) in [5.74, 6) is -0.124. The maximum Gasteiger partial charge on any atom is 0.226 e. The molecule has 5 nitrogen and oxygen atoms in total. The minimum absolute atomic E-state index is 0.124. The highest BCUT2D eigenvalue weighted by molar-refractivity contribution is 7.13. The summed E-state index contributed by atoms with van der Waals surface area (Å²) in [5.41, 5.74) is 1.53. The molecule has 2 N–H and O–H groups in total. The second-order valence-electron chi connectivity index (χ2n) is 4.86. The Morgan fingerprint density at radius 2 is 2.29 bits per heavy atom. The first kappa shape index (κ1) is 15.6. The maximum absolute atomic E-state index is 12.0. The van der Waals surface area contributed by atoms with Crippen LogP contribution in [0.1, 0.15) is 26.0 Å². The molecule has 0 aromatic carbocycles. The van der Waals surface area contributed by atoms with Gasteiger partial charge in [0.2, 0.25) is 5.91 Å². The summed E-state index contributed by atoms with van der Waals surface area (Å²) in [6, 6.07) is 5.44. The van der Waals surface area contributed by atoms with Gasteiger partial charge in [0.25, 0.3) is 0 Å². The predicted molar refractivity (Wildman–Crippen MR) is 83.0 cm³/mol. The molecule has 2 aromatic rings. The van der Waals surface area contributed by atoms with Gasteiger partial charge in [0.05, 0.1) is 30.0 Å². The molecule has 0 saturated carbocycles. The van der Waals surface area contributed by atoms with E-state index < -0.39 is 6.10 Å². The number of pyridine rings is 1. The summed E-state index contributed by atoms with van der Waals surface area (Å²) in [6.45, 7) is 3.61. The van der Waals surface area contributed by atoms with E-state index in [1.54, 1.807) is 13.1 Å². The fourth-order valence-corrected chi connectivity index (χ4v) is 2.78. The summed E-state index contributed by atoms with van der Waals surface area (Å²) in [6.07, 6.45) is 2.07. The Labute approximate surface area is 128 Å². The van der Waals surface area contributed by atoms with Crippen molar-refractivity contribution in [1.82, 2.24) is 15.3 Å². The van der Waals surface area contributed by atoms with Crippen LogP contribution in [0.2, 0.25) is 0 Å². The number of thiazole rings is 1. The minimum Gasteiger partial charge on any atom is -0.391 e. The Kier molecular flexibility index (Phi) is 5.41. The van der Waals surface area contributed by atoms with Gasteiger partial charge in [-0.2, -0.15) is 0 Å². The minimum atomic E-state index is -0.557. The Balaban J connectivity index is 1.98. The lowest BCUT2D eigenvalue weighted by Gasteiger charge is -2.19. The van der Waals surface area contributed by atoms with Crippen molar-refractivity contribution in [2.75, 3.05) is 0 Å². The summed E-state index contributed by atoms with van der Waals surface area (Å²) < 4.78 is 0. The molecule has 0 bridgehead atoms. The van der Waals surface area contributed by atoms with Crippen molar-refractivity contribution in [3.63, 3.8) is 0 Å². The van der Waals surface area contributed by atoms with Crippen molar-refractivity contribution in [3.8, 4) is 10.7 Å². The Bertz CT molecular complexity index is 584. The van der Waals surface area contributed by atoms with E-state index in [1.165, 1.54) is 11.3 Å². The van der Waals surface area contributed by atoms with Crippen LogP contribution in [0.3, 0.4) is 0 Å². The van der Waals surface area contributed by atoms with Gasteiger partial charge in [0.1, 0.15) is 5.01 Å². The largest absolute Gasteiger partial charge is 0.391 e. The smallest absolute Gasteiger partial charge is 0.226 e. The van der Waals surface area contributed by atoms with Crippen molar-refractivity contribution < 1.29 is 9.90 Å². The van der Waals surface area contributed by atoms with Crippen molar-refractivity contribution in [2.45, 2.75) is 38.8 Å². The number of amides is 1. The van der Waals surface area contributed by atoms with Gasteiger partial charge in [-0.1, -0.05) is 13.0 Å². The van der Waals surface area contributed by atoms with E-state index in [0.29, 0.717) is 6.42 Å². The zero-order valence-electron chi connectivity index (χ0n) is 12.1. The molecule has 0 fully saturated rings. The molecule has 0 spiro atoms. The van der Waals surface area contributed by atoms with Crippen LogP contribution in [0.15, 0.2) is 29.8 Å². The van der Waals surface area contributed by atoms with Gasteiger partial charge in [-0.15, -0.1) is 11.3 Å². The maximum atomic E-state index is 12.0. The summed E-state index contributed by atoms with van der Waals surface area (Å²) >= 11 is 1.47. The lowest BCUT2D eigenvalue weighted by Crippen LogP contribution is -2.42. The molecule has 0 aliphatic heterocycles. The molecular weight excluding hydrogens is 286 g/mol. The third kappa shape index (κ3) is 4.34. The molecule has 2 rings (SSSR count). The Morgan fingerprint density at radius 1 is 1.48 bits per heavy atom. The van der Waals surface area contributed by atoms with E-state index in [9.17, 15) is 9.90 Å². The average Bonchev–Trinajstić information content (AvgIpc) is 2.93. The van der Waals surface area contributed by atoms with Crippen LogP contribution in [-0.4, -0.2) is 33.1 Å². The summed E-state index contributed by atoms with van der Waals surface area (Å²) in [7, 11) is 0. The molecule has 112 valence electrons. The van der Waals surface area contributed by atoms with Gasteiger partial charge in [0, 0.05) is 11.6 Å². The number of nitrogens with one attached hydrogen (secondary N) is 1. The summed E-state index contributed by atoms with van der Waals surface area (Å²) in [5, 5.41) is 15.0. The van der Waals surface area contributed by atoms with E-state index in [0.717, 1.165) is 16.4 Å². The number of hydrogen-bond acceptors (Lipinski definition) is 5. The molecule has 21 heavy (non-hydrogen) atoms. The monoisotopic (exact) mass is 305 g/mol. The van der Waals surface area contributed by atoms with Gasteiger partial charge in [-0.25, -0.2) is 4.98 Å². The normalized spacial score (nSPS) is 13.7. The molecule has 1 amide bonds. The lowest BCUT2D eigenvalue weighted by atomic mass is 10.1. The van der Waals surface area contributed by atoms with Crippen molar-refractivity contribution >= 4 is 17.2 Å². The van der Waals surface area contributed by atoms with Crippen molar-refractivity contribution in [3.05, 3.63) is 35.5 Å². The first-order chi connectivity index (χ1) is 10.1. The van der Waals surface area contributed by atoms with E-state index in [2.05, 4.69) is 15.3 Å². The molecule has 0 radical (unpaired) electrons. The average molecular weight is 305 g/mol. The van der Waals surface area contributed by atoms with E-state index in [4.69, 9.17) is 0 Å². The van der Waals surface area contributed by atoms with Crippen LogP contribution >= 0.6 is 11.3 Å². The Morgan fingerprint density at radius 3 is 2.90 bits per heavy atom. The molecule has 0 aliphatic carbocycles. The van der Waals surface area contributed by atoms with Gasteiger partial charge in [-0.05, 0) is 25.5 Å². The molecule has 6 heteroatoms. The number of rotatable bonds is 6. The quantitative estimate of drug-likeness (QED) is 0.856. The number of nitrogens with zero attached hydrogens (tertiary/aromatic N) is 2. The number of aliphatic hydroxyl groups is 1. The van der Waals surface area contributed by atoms with Crippen LogP contribution in [0.25, 0.3) is 10.7 Å². The fraction of sp³-hybridized carbons (Fsp3) is 0.400. The number of carbonyl (C=O) groups is 1. The molecule has 0 saturated heterocycles. The topological polar surface area (TPSA) is 75.1 Å². The molecular formula is C15H19N3O2S. The number of hydrogen-bond donors (Lipinski definition) is 2. The van der Waals surface area contributed by atoms with Crippen LogP contribution in [0.5, 0.6) is 0 Å². The fourth-order valence-electron chi connectivity index (χ4n) is 1.98. The number of carbonyl (C=O) groups excluding carboxylic acids is 1. The molecule has 2 unspecified atom stereocenters. The third-order valence-corrected chi connectivity index (χ3v) is 4.06. The van der Waals surface area contributed by atoms with E-state index >= 15 is 0 Å². The molecule has 2 aromatic heterocycles. The highest BCUT2D eigenvalue weighted by Gasteiger charge is 2.16. The second-order valence-corrected chi connectivity index (χ2v) is 5.72. The van der Waals surface area contributed by atoms with Crippen LogP contribution in [0.4, 0.5) is 0 Å². The van der Waals surface area contributed by atoms with Crippen molar-refractivity contribution in [2.24, 2.45) is 0 Å². The summed E-state index contributed by atoms with van der Waals surface area (Å²) in [4.78, 5) is 20.6. The molecule has 0 aliphatic rings. The lowest BCUT2D eigenvalue weighted by molar-refractivity contribution is -0.122. The standard InChI is InChI=1S/C15H19N3O2S/c1-3-12(10(2)19)18-14(20)8-11-9-21-15(17-11)13-6-4-5-7-16-13/h4-7,9-10,12,19H,3,8H2,1-2H3,(H,18,20). The van der Waals surface area contributed by atoms with Gasteiger partial charge < -0.3 is 10.4 Å². The first-order valence-electron chi connectivity index (χ1n) is 6.93. The zero-order valence-corrected chi connectivity index (χ0v) is 12.9. The van der Waals surface area contributed by atoms with Gasteiger partial charge in [0.15, 0.2) is 0 Å². The van der Waals surface area contributed by atoms with Crippen molar-refractivity contribution in [1.29, 1.82) is 0 Å². The second kappa shape index (κ2) is 7.28. The number of aromatic nitrogens is 2. The zero-order chi connectivity index (χ0) is 15.2. The SMILES string of the molecule is CCC(NC(=O)Cc1csc(-c2ccccn2)n1)C(C)O. The molecule has 2 heterocycles. The van der Waals surface area contributed by atoms with Crippen LogP contribution < -0.4 is 5.32 Å². The Hall–Kier alpha value is -1.79. The van der Waals surface area contributed by atoms with E-state index in [1.807, 2.05) is 30.5 Å². The predicted octanol–water partition coefficient (Wildman–Crippen LogP) is 2.02. The van der Waals surface area contributed by atoms with Gasteiger partial charge >= 0.3 is 0 Å². The molecule has 2 atom stereocenters. The number of aliphatic hydroxyl groups excluding tert-OH is 1. The third-order valence-electron chi connectivity index (χ3n) is 3.15. The van der Waals surface area contributed by atoms with Gasteiger partial charge in [-0.3, -0.25) is 9.78 Å². The van der Waals surface area contributed by atoms with Crippen LogP contribution in [0, 0.1) is 0 Å². The first-order valence-corrected chi connectivity index (χ1v) is 7.81. The highest BCUT2D eigenvalue weighted by atomic mass is 32.1. The van der Waals surface area contributed by atoms with E-state index in [-0.39, 0.29) is 18.4 Å². The van der Waals surface area contributed by atoms with Crippen LogP contribution in [-0.2, 0) is 11.2 Å².